The Kier molecular flexibility index (Phi) is 5.42. The monoisotopic (exact) mass is 336 g/mol. The van der Waals surface area contributed by atoms with Crippen LogP contribution in [0.25, 0.3) is 0 Å². The topological polar surface area (TPSA) is 80.9 Å². The lowest BCUT2D eigenvalue weighted by molar-refractivity contribution is -0.119. The minimum absolute atomic E-state index is 0.0214. The Morgan fingerprint density at radius 1 is 1.27 bits per heavy atom. The van der Waals surface area contributed by atoms with Gasteiger partial charge in [0, 0.05) is 0 Å². The van der Waals surface area contributed by atoms with Crippen molar-refractivity contribution in [1.82, 2.24) is 15.5 Å². The van der Waals surface area contributed by atoms with Crippen molar-refractivity contribution in [3.8, 4) is 0 Å². The Labute approximate surface area is 138 Å². The number of aryl methyl sites for hydroxylation is 3. The van der Waals surface area contributed by atoms with Crippen LogP contribution in [0.3, 0.4) is 0 Å². The maximum atomic E-state index is 12.1. The van der Waals surface area contributed by atoms with E-state index in [1.807, 2.05) is 6.92 Å². The fourth-order valence-corrected chi connectivity index (χ4v) is 3.66. The highest BCUT2D eigenvalue weighted by molar-refractivity contribution is 8.01. The molecule has 2 aromatic rings. The van der Waals surface area contributed by atoms with E-state index in [0.717, 1.165) is 5.56 Å². The van der Waals surface area contributed by atoms with Gasteiger partial charge in [-0.05, 0) is 49.9 Å². The first-order valence-corrected chi connectivity index (χ1v) is 8.76. The van der Waals surface area contributed by atoms with Gasteiger partial charge in [0.2, 0.25) is 11.0 Å². The number of nitrogens with two attached hydrogens (primary N) is 1. The number of amides is 1. The summed E-state index contributed by atoms with van der Waals surface area (Å²) in [5.41, 5.74) is 10.4. The molecule has 0 aliphatic carbocycles. The Morgan fingerprint density at radius 2 is 1.95 bits per heavy atom. The Balaban J connectivity index is 1.95. The second kappa shape index (κ2) is 7.11. The van der Waals surface area contributed by atoms with E-state index in [-0.39, 0.29) is 11.9 Å². The van der Waals surface area contributed by atoms with Crippen LogP contribution in [0.15, 0.2) is 16.5 Å². The van der Waals surface area contributed by atoms with Crippen molar-refractivity contribution in [1.29, 1.82) is 0 Å². The molecule has 1 aromatic heterocycles. The molecule has 0 spiro atoms. The summed E-state index contributed by atoms with van der Waals surface area (Å²) in [6.45, 7) is 8.26. The zero-order valence-corrected chi connectivity index (χ0v) is 14.8. The van der Waals surface area contributed by atoms with E-state index in [4.69, 9.17) is 5.73 Å². The molecule has 0 bridgehead atoms. The lowest BCUT2D eigenvalue weighted by Gasteiger charge is -2.18. The van der Waals surface area contributed by atoms with Crippen LogP contribution in [0.4, 0.5) is 5.13 Å². The van der Waals surface area contributed by atoms with Crippen LogP contribution in [0, 0.1) is 20.8 Å². The van der Waals surface area contributed by atoms with Gasteiger partial charge in [-0.15, -0.1) is 10.2 Å². The number of anilines is 1. The first-order valence-electron chi connectivity index (χ1n) is 6.95. The number of thioether (sulfide) groups is 1. The molecule has 0 saturated carbocycles. The lowest BCUT2D eigenvalue weighted by Crippen LogP contribution is -2.28. The van der Waals surface area contributed by atoms with Crippen molar-refractivity contribution in [3.05, 3.63) is 34.4 Å². The molecule has 7 heteroatoms. The van der Waals surface area contributed by atoms with Crippen LogP contribution in [-0.4, -0.2) is 21.9 Å². The largest absolute Gasteiger partial charge is 0.374 e. The zero-order valence-electron chi connectivity index (χ0n) is 13.1. The van der Waals surface area contributed by atoms with Gasteiger partial charge in [0.1, 0.15) is 0 Å². The highest BCUT2D eigenvalue weighted by Gasteiger charge is 2.14. The van der Waals surface area contributed by atoms with Gasteiger partial charge in [-0.25, -0.2) is 0 Å². The fourth-order valence-electron chi connectivity index (χ4n) is 2.22. The summed E-state index contributed by atoms with van der Waals surface area (Å²) < 4.78 is 0.711. The van der Waals surface area contributed by atoms with Gasteiger partial charge in [-0.1, -0.05) is 35.2 Å². The summed E-state index contributed by atoms with van der Waals surface area (Å²) in [4.78, 5) is 12.1. The number of hydrogen-bond acceptors (Lipinski definition) is 6. The summed E-state index contributed by atoms with van der Waals surface area (Å²) in [7, 11) is 0. The third-order valence-corrected chi connectivity index (χ3v) is 5.36. The molecule has 2 rings (SSSR count). The second-order valence-corrected chi connectivity index (χ2v) is 7.51. The third kappa shape index (κ3) is 4.20. The molecule has 3 N–H and O–H groups in total. The minimum atomic E-state index is -0.0242. The molecular formula is C15H20N4OS2. The zero-order chi connectivity index (χ0) is 16.3. The molecular weight excluding hydrogens is 316 g/mol. The Bertz CT molecular complexity index is 684. The summed E-state index contributed by atoms with van der Waals surface area (Å²) in [6.07, 6.45) is 0. The average Bonchev–Trinajstić information content (AvgIpc) is 2.86. The first kappa shape index (κ1) is 16.8. The van der Waals surface area contributed by atoms with Crippen LogP contribution in [0.2, 0.25) is 0 Å². The molecule has 0 fully saturated rings. The number of nitrogens with one attached hydrogen (secondary N) is 1. The predicted molar refractivity (Wildman–Crippen MR) is 92.3 cm³/mol. The number of hydrogen-bond donors (Lipinski definition) is 2. The molecule has 1 unspecified atom stereocenters. The van der Waals surface area contributed by atoms with E-state index >= 15 is 0 Å². The number of nitrogens with zero attached hydrogens (tertiary/aromatic N) is 2. The Hall–Kier alpha value is -1.60. The van der Waals surface area contributed by atoms with E-state index in [9.17, 15) is 4.79 Å². The first-order chi connectivity index (χ1) is 10.4. The molecule has 0 aliphatic heterocycles. The SMILES string of the molecule is Cc1cc(C)c(C(C)NC(=O)CSc2nnc(N)s2)cc1C. The molecule has 0 radical (unpaired) electrons. The van der Waals surface area contributed by atoms with Gasteiger partial charge in [-0.2, -0.15) is 0 Å². The molecule has 22 heavy (non-hydrogen) atoms. The predicted octanol–water partition coefficient (Wildman–Crippen LogP) is 3.02. The van der Waals surface area contributed by atoms with Gasteiger partial charge in [0.05, 0.1) is 11.8 Å². The van der Waals surface area contributed by atoms with Crippen molar-refractivity contribution in [2.75, 3.05) is 11.5 Å². The maximum Gasteiger partial charge on any atom is 0.230 e. The number of carbonyl (C=O) groups excluding carboxylic acids is 1. The van der Waals surface area contributed by atoms with Gasteiger partial charge in [0.25, 0.3) is 0 Å². The highest BCUT2D eigenvalue weighted by atomic mass is 32.2. The molecule has 1 aromatic carbocycles. The quantitative estimate of drug-likeness (QED) is 0.820. The number of benzene rings is 1. The summed E-state index contributed by atoms with van der Waals surface area (Å²) in [5, 5.41) is 11.1. The fraction of sp³-hybridized carbons (Fsp3) is 0.400. The third-order valence-electron chi connectivity index (χ3n) is 3.48. The summed E-state index contributed by atoms with van der Waals surface area (Å²) in [5.74, 6) is 0.284. The molecule has 5 nitrogen and oxygen atoms in total. The molecule has 0 aliphatic rings. The Morgan fingerprint density at radius 3 is 2.59 bits per heavy atom. The maximum absolute atomic E-state index is 12.1. The number of aromatic nitrogens is 2. The number of nitrogen functional groups attached to an aromatic ring is 1. The van der Waals surface area contributed by atoms with Crippen LogP contribution >= 0.6 is 23.1 Å². The lowest BCUT2D eigenvalue weighted by atomic mass is 9.96. The smallest absolute Gasteiger partial charge is 0.230 e. The highest BCUT2D eigenvalue weighted by Crippen LogP contribution is 2.24. The summed E-state index contributed by atoms with van der Waals surface area (Å²) in [6, 6.07) is 4.28. The number of rotatable bonds is 5. The van der Waals surface area contributed by atoms with Crippen molar-refractivity contribution < 1.29 is 4.79 Å². The van der Waals surface area contributed by atoms with Crippen molar-refractivity contribution in [2.45, 2.75) is 38.1 Å². The van der Waals surface area contributed by atoms with Gasteiger partial charge < -0.3 is 11.1 Å². The van der Waals surface area contributed by atoms with Gasteiger partial charge in [-0.3, -0.25) is 4.79 Å². The van der Waals surface area contributed by atoms with Crippen molar-refractivity contribution in [2.24, 2.45) is 0 Å². The van der Waals surface area contributed by atoms with Crippen LogP contribution in [0.5, 0.6) is 0 Å². The van der Waals surface area contributed by atoms with Crippen LogP contribution in [0.1, 0.15) is 35.2 Å². The normalized spacial score (nSPS) is 12.2. The summed E-state index contributed by atoms with van der Waals surface area (Å²) >= 11 is 2.64. The minimum Gasteiger partial charge on any atom is -0.374 e. The van der Waals surface area contributed by atoms with E-state index in [2.05, 4.69) is 48.4 Å². The molecule has 1 heterocycles. The molecule has 118 valence electrons. The van der Waals surface area contributed by atoms with Crippen LogP contribution in [-0.2, 0) is 4.79 Å². The molecule has 1 atom stereocenters. The van der Waals surface area contributed by atoms with E-state index in [1.54, 1.807) is 0 Å². The second-order valence-electron chi connectivity index (χ2n) is 5.28. The van der Waals surface area contributed by atoms with E-state index in [0.29, 0.717) is 15.2 Å². The van der Waals surface area contributed by atoms with E-state index < -0.39 is 0 Å². The van der Waals surface area contributed by atoms with E-state index in [1.165, 1.54) is 39.8 Å². The van der Waals surface area contributed by atoms with Crippen LogP contribution < -0.4 is 11.1 Å². The van der Waals surface area contributed by atoms with Gasteiger partial charge in [0.15, 0.2) is 4.34 Å². The van der Waals surface area contributed by atoms with Crippen molar-refractivity contribution in [3.63, 3.8) is 0 Å². The average molecular weight is 336 g/mol. The standard InChI is InChI=1S/C15H20N4OS2/c1-8-5-10(3)12(6-9(8)2)11(4)17-13(20)7-21-15-19-18-14(16)22-15/h5-6,11H,7H2,1-4H3,(H2,16,18)(H,17,20). The number of carbonyl (C=O) groups is 1. The van der Waals surface area contributed by atoms with Crippen molar-refractivity contribution >= 4 is 34.1 Å². The molecule has 0 saturated heterocycles. The molecule has 1 amide bonds. The van der Waals surface area contributed by atoms with Gasteiger partial charge >= 0.3 is 0 Å².